The van der Waals surface area contributed by atoms with Crippen molar-refractivity contribution in [1.29, 1.82) is 0 Å². The predicted octanol–water partition coefficient (Wildman–Crippen LogP) is 2.87. The number of rotatable bonds is 2. The van der Waals surface area contributed by atoms with E-state index in [2.05, 4.69) is 37.7 Å². The zero-order chi connectivity index (χ0) is 12.3. The van der Waals surface area contributed by atoms with Gasteiger partial charge in [-0.05, 0) is 41.1 Å². The normalized spacial score (nSPS) is 21.1. The Hall–Kier alpha value is -0.840. The zero-order valence-electron chi connectivity index (χ0n) is 10.3. The highest BCUT2D eigenvalue weighted by Crippen LogP contribution is 2.25. The summed E-state index contributed by atoms with van der Waals surface area (Å²) in [4.78, 5) is 11.0. The molecular weight excluding hydrogens is 282 g/mol. The van der Waals surface area contributed by atoms with Crippen LogP contribution < -0.4 is 9.64 Å². The molecule has 94 valence electrons. The zero-order valence-corrected chi connectivity index (χ0v) is 11.9. The summed E-state index contributed by atoms with van der Waals surface area (Å²) >= 11 is 3.37. The third-order valence-corrected chi connectivity index (χ3v) is 3.74. The summed E-state index contributed by atoms with van der Waals surface area (Å²) in [6.07, 6.45) is 5.48. The van der Waals surface area contributed by atoms with Gasteiger partial charge in [-0.15, -0.1) is 0 Å². The van der Waals surface area contributed by atoms with E-state index >= 15 is 0 Å². The molecule has 0 aliphatic carbocycles. The third-order valence-electron chi connectivity index (χ3n) is 3.19. The standard InChI is InChI=1S/C12H18BrN3O/c1-9-4-3-6-16(7-5-9)12-14-8-10(13)11(15-12)17-2/h8-9H,3-7H2,1-2H3. The number of anilines is 1. The van der Waals surface area contributed by atoms with Gasteiger partial charge in [0.05, 0.1) is 17.8 Å². The first kappa shape index (κ1) is 12.6. The van der Waals surface area contributed by atoms with Crippen LogP contribution in [0.3, 0.4) is 0 Å². The molecule has 2 heterocycles. The molecule has 1 aliphatic rings. The average Bonchev–Trinajstić information content (AvgIpc) is 2.55. The number of hydrogen-bond donors (Lipinski definition) is 0. The number of ether oxygens (including phenoxy) is 1. The molecule has 5 heteroatoms. The van der Waals surface area contributed by atoms with E-state index in [0.717, 1.165) is 29.4 Å². The van der Waals surface area contributed by atoms with Crippen LogP contribution in [0, 0.1) is 5.92 Å². The first-order chi connectivity index (χ1) is 8.20. The second-order valence-corrected chi connectivity index (χ2v) is 5.40. The molecule has 0 N–H and O–H groups in total. The highest BCUT2D eigenvalue weighted by Gasteiger charge is 2.17. The molecule has 1 aliphatic heterocycles. The third kappa shape index (κ3) is 3.09. The Bertz CT molecular complexity index is 386. The van der Waals surface area contributed by atoms with Crippen molar-refractivity contribution >= 4 is 21.9 Å². The molecule has 1 fully saturated rings. The summed E-state index contributed by atoms with van der Waals surface area (Å²) in [6.45, 7) is 4.38. The Morgan fingerprint density at radius 1 is 1.41 bits per heavy atom. The molecule has 0 saturated carbocycles. The maximum Gasteiger partial charge on any atom is 0.232 e. The van der Waals surface area contributed by atoms with Crippen LogP contribution in [-0.2, 0) is 0 Å². The molecule has 0 aromatic carbocycles. The highest BCUT2D eigenvalue weighted by atomic mass is 79.9. The van der Waals surface area contributed by atoms with Crippen molar-refractivity contribution in [3.63, 3.8) is 0 Å². The first-order valence-corrected chi connectivity index (χ1v) is 6.81. The molecule has 1 aromatic rings. The Balaban J connectivity index is 2.15. The van der Waals surface area contributed by atoms with E-state index < -0.39 is 0 Å². The average molecular weight is 300 g/mol. The lowest BCUT2D eigenvalue weighted by Gasteiger charge is -2.20. The van der Waals surface area contributed by atoms with Crippen LogP contribution in [-0.4, -0.2) is 30.2 Å². The second-order valence-electron chi connectivity index (χ2n) is 4.55. The van der Waals surface area contributed by atoms with Crippen LogP contribution >= 0.6 is 15.9 Å². The van der Waals surface area contributed by atoms with E-state index in [4.69, 9.17) is 4.74 Å². The molecule has 0 radical (unpaired) electrons. The molecule has 1 saturated heterocycles. The molecule has 1 atom stereocenters. The van der Waals surface area contributed by atoms with Crippen molar-refractivity contribution in [1.82, 2.24) is 9.97 Å². The van der Waals surface area contributed by atoms with Crippen LogP contribution in [0.15, 0.2) is 10.7 Å². The first-order valence-electron chi connectivity index (χ1n) is 6.02. The highest BCUT2D eigenvalue weighted by molar-refractivity contribution is 9.10. The quantitative estimate of drug-likeness (QED) is 0.842. The van der Waals surface area contributed by atoms with Gasteiger partial charge in [0.1, 0.15) is 0 Å². The van der Waals surface area contributed by atoms with Gasteiger partial charge >= 0.3 is 0 Å². The summed E-state index contributed by atoms with van der Waals surface area (Å²) in [5.74, 6) is 2.18. The van der Waals surface area contributed by atoms with Gasteiger partial charge in [-0.2, -0.15) is 4.98 Å². The molecule has 0 spiro atoms. The van der Waals surface area contributed by atoms with Crippen LogP contribution in [0.5, 0.6) is 5.88 Å². The molecule has 2 rings (SSSR count). The minimum absolute atomic E-state index is 0.604. The lowest BCUT2D eigenvalue weighted by atomic mass is 10.0. The smallest absolute Gasteiger partial charge is 0.232 e. The van der Waals surface area contributed by atoms with E-state index in [0.29, 0.717) is 5.88 Å². The molecule has 1 aromatic heterocycles. The number of hydrogen-bond acceptors (Lipinski definition) is 4. The molecule has 0 amide bonds. The lowest BCUT2D eigenvalue weighted by molar-refractivity contribution is 0.393. The fourth-order valence-corrected chi connectivity index (χ4v) is 2.45. The van der Waals surface area contributed by atoms with Crippen molar-refractivity contribution in [2.45, 2.75) is 26.2 Å². The molecule has 4 nitrogen and oxygen atoms in total. The fourth-order valence-electron chi connectivity index (χ4n) is 2.10. The Labute approximate surface area is 111 Å². The fraction of sp³-hybridized carbons (Fsp3) is 0.667. The monoisotopic (exact) mass is 299 g/mol. The number of nitrogens with zero attached hydrogens (tertiary/aromatic N) is 3. The minimum Gasteiger partial charge on any atom is -0.480 e. The van der Waals surface area contributed by atoms with Gasteiger partial charge < -0.3 is 9.64 Å². The summed E-state index contributed by atoms with van der Waals surface area (Å²) in [5, 5.41) is 0. The number of aromatic nitrogens is 2. The van der Waals surface area contributed by atoms with Crippen LogP contribution in [0.4, 0.5) is 5.95 Å². The molecule has 1 unspecified atom stereocenters. The summed E-state index contributed by atoms with van der Waals surface area (Å²) in [7, 11) is 1.63. The largest absolute Gasteiger partial charge is 0.480 e. The van der Waals surface area contributed by atoms with E-state index in [1.807, 2.05) is 0 Å². The summed E-state index contributed by atoms with van der Waals surface area (Å²) in [5.41, 5.74) is 0. The molecule has 0 bridgehead atoms. The number of halogens is 1. The minimum atomic E-state index is 0.604. The topological polar surface area (TPSA) is 38.2 Å². The van der Waals surface area contributed by atoms with Crippen LogP contribution in [0.1, 0.15) is 26.2 Å². The molecule has 17 heavy (non-hydrogen) atoms. The van der Waals surface area contributed by atoms with Crippen molar-refractivity contribution in [3.05, 3.63) is 10.7 Å². The van der Waals surface area contributed by atoms with Crippen molar-refractivity contribution in [3.8, 4) is 5.88 Å². The second kappa shape index (κ2) is 5.67. The van der Waals surface area contributed by atoms with Gasteiger partial charge in [-0.3, -0.25) is 0 Å². The maximum absolute atomic E-state index is 5.20. The molecular formula is C12H18BrN3O. The van der Waals surface area contributed by atoms with Crippen molar-refractivity contribution in [2.75, 3.05) is 25.1 Å². The summed E-state index contributed by atoms with van der Waals surface area (Å²) in [6, 6.07) is 0. The van der Waals surface area contributed by atoms with Crippen LogP contribution in [0.25, 0.3) is 0 Å². The van der Waals surface area contributed by atoms with Gasteiger partial charge in [0.25, 0.3) is 0 Å². The lowest BCUT2D eigenvalue weighted by Crippen LogP contribution is -2.26. The summed E-state index contributed by atoms with van der Waals surface area (Å²) < 4.78 is 6.00. The number of methoxy groups -OCH3 is 1. The van der Waals surface area contributed by atoms with E-state index in [9.17, 15) is 0 Å². The van der Waals surface area contributed by atoms with E-state index in [1.165, 1.54) is 19.3 Å². The van der Waals surface area contributed by atoms with E-state index in [-0.39, 0.29) is 0 Å². The SMILES string of the molecule is COc1nc(N2CCCC(C)CC2)ncc1Br. The maximum atomic E-state index is 5.20. The Morgan fingerprint density at radius 2 is 2.24 bits per heavy atom. The van der Waals surface area contributed by atoms with Crippen molar-refractivity contribution < 1.29 is 4.74 Å². The van der Waals surface area contributed by atoms with Crippen LogP contribution in [0.2, 0.25) is 0 Å². The van der Waals surface area contributed by atoms with Gasteiger partial charge in [-0.1, -0.05) is 6.92 Å². The Morgan fingerprint density at radius 3 is 3.00 bits per heavy atom. The van der Waals surface area contributed by atoms with Gasteiger partial charge in [0.15, 0.2) is 0 Å². The van der Waals surface area contributed by atoms with E-state index in [1.54, 1.807) is 13.3 Å². The van der Waals surface area contributed by atoms with Gasteiger partial charge in [0, 0.05) is 13.1 Å². The van der Waals surface area contributed by atoms with Crippen molar-refractivity contribution in [2.24, 2.45) is 5.92 Å². The predicted molar refractivity (Wildman–Crippen MR) is 71.5 cm³/mol. The van der Waals surface area contributed by atoms with Gasteiger partial charge in [-0.25, -0.2) is 4.98 Å². The Kier molecular flexibility index (Phi) is 4.20. The van der Waals surface area contributed by atoms with Gasteiger partial charge in [0.2, 0.25) is 11.8 Å².